The summed E-state index contributed by atoms with van der Waals surface area (Å²) in [7, 11) is 0. The summed E-state index contributed by atoms with van der Waals surface area (Å²) in [6.45, 7) is 0.364. The van der Waals surface area contributed by atoms with Gasteiger partial charge in [-0.05, 0) is 29.8 Å². The summed E-state index contributed by atoms with van der Waals surface area (Å²) in [6, 6.07) is 9.27. The third kappa shape index (κ3) is 3.27. The molecular formula is C18H14N4O2S. The highest BCUT2D eigenvalue weighted by Gasteiger charge is 2.18. The van der Waals surface area contributed by atoms with Gasteiger partial charge in [0.2, 0.25) is 5.91 Å². The number of amides is 2. The number of nitrogens with one attached hydrogen (secondary N) is 2. The Labute approximate surface area is 148 Å². The number of carbonyl (C=O) groups is 2. The predicted molar refractivity (Wildman–Crippen MR) is 95.3 cm³/mol. The van der Waals surface area contributed by atoms with Crippen LogP contribution in [0.1, 0.15) is 20.9 Å². The van der Waals surface area contributed by atoms with Crippen LogP contribution >= 0.6 is 11.3 Å². The van der Waals surface area contributed by atoms with Gasteiger partial charge in [0.1, 0.15) is 5.01 Å². The molecule has 6 nitrogen and oxygen atoms in total. The molecule has 0 bridgehead atoms. The van der Waals surface area contributed by atoms with Crippen LogP contribution in [0.3, 0.4) is 0 Å². The van der Waals surface area contributed by atoms with E-state index in [0.717, 1.165) is 27.5 Å². The second-order valence-corrected chi connectivity index (χ2v) is 6.59. The van der Waals surface area contributed by atoms with Crippen LogP contribution in [0.5, 0.6) is 0 Å². The first-order valence-corrected chi connectivity index (χ1v) is 8.63. The molecule has 0 fully saturated rings. The molecule has 124 valence electrons. The predicted octanol–water partition coefficient (Wildman–Crippen LogP) is 2.63. The summed E-state index contributed by atoms with van der Waals surface area (Å²) >= 11 is 1.49. The maximum absolute atomic E-state index is 12.0. The SMILES string of the molecule is O=C1Cc2cc(-c3csc(CNC(=O)c4cccnc4)n3)ccc2N1. The molecule has 0 unspecified atom stereocenters. The summed E-state index contributed by atoms with van der Waals surface area (Å²) in [5.41, 5.74) is 4.19. The standard InChI is InChI=1S/C18H14N4O2S/c23-16-7-13-6-11(3-4-14(13)21-16)15-10-25-17(22-15)9-20-18(24)12-2-1-5-19-8-12/h1-6,8,10H,7,9H2,(H,20,24)(H,21,23). The lowest BCUT2D eigenvalue weighted by atomic mass is 10.1. The first kappa shape index (κ1) is 15.5. The highest BCUT2D eigenvalue weighted by molar-refractivity contribution is 7.09. The Bertz CT molecular complexity index is 953. The van der Waals surface area contributed by atoms with E-state index < -0.39 is 0 Å². The summed E-state index contributed by atoms with van der Waals surface area (Å²) in [5.74, 6) is -0.156. The number of anilines is 1. The van der Waals surface area contributed by atoms with Crippen LogP contribution in [0.2, 0.25) is 0 Å². The molecule has 7 heteroatoms. The van der Waals surface area contributed by atoms with E-state index in [2.05, 4.69) is 20.6 Å². The number of pyridine rings is 1. The van der Waals surface area contributed by atoms with Crippen LogP contribution < -0.4 is 10.6 Å². The van der Waals surface area contributed by atoms with Gasteiger partial charge in [0.25, 0.3) is 5.91 Å². The Morgan fingerprint density at radius 3 is 3.08 bits per heavy atom. The quantitative estimate of drug-likeness (QED) is 0.758. The number of thiazole rings is 1. The molecule has 2 amide bonds. The Hall–Kier alpha value is -3.06. The minimum atomic E-state index is -0.174. The van der Waals surface area contributed by atoms with E-state index in [0.29, 0.717) is 18.5 Å². The zero-order chi connectivity index (χ0) is 17.2. The highest BCUT2D eigenvalue weighted by Crippen LogP contribution is 2.29. The fraction of sp³-hybridized carbons (Fsp3) is 0.111. The van der Waals surface area contributed by atoms with Crippen LogP contribution in [0.4, 0.5) is 5.69 Å². The molecule has 0 spiro atoms. The fourth-order valence-electron chi connectivity index (χ4n) is 2.67. The van der Waals surface area contributed by atoms with Crippen LogP contribution in [-0.2, 0) is 17.8 Å². The summed E-state index contributed by atoms with van der Waals surface area (Å²) in [6.07, 6.45) is 3.56. The molecule has 0 saturated heterocycles. The van der Waals surface area contributed by atoms with Gasteiger partial charge in [-0.3, -0.25) is 14.6 Å². The summed E-state index contributed by atoms with van der Waals surface area (Å²) < 4.78 is 0. The number of nitrogens with zero attached hydrogens (tertiary/aromatic N) is 2. The molecule has 25 heavy (non-hydrogen) atoms. The van der Waals surface area contributed by atoms with E-state index in [9.17, 15) is 9.59 Å². The van der Waals surface area contributed by atoms with Gasteiger partial charge >= 0.3 is 0 Å². The van der Waals surface area contributed by atoms with E-state index in [1.165, 1.54) is 17.5 Å². The second kappa shape index (κ2) is 6.45. The molecule has 4 rings (SSSR count). The minimum Gasteiger partial charge on any atom is -0.345 e. The van der Waals surface area contributed by atoms with Gasteiger partial charge in [0, 0.05) is 29.0 Å². The fourth-order valence-corrected chi connectivity index (χ4v) is 3.41. The van der Waals surface area contributed by atoms with Crippen molar-refractivity contribution in [1.29, 1.82) is 0 Å². The number of hydrogen-bond acceptors (Lipinski definition) is 5. The zero-order valence-electron chi connectivity index (χ0n) is 13.2. The number of fused-ring (bicyclic) bond motifs is 1. The highest BCUT2D eigenvalue weighted by atomic mass is 32.1. The molecule has 1 aliphatic heterocycles. The first-order valence-electron chi connectivity index (χ1n) is 7.75. The van der Waals surface area contributed by atoms with E-state index in [-0.39, 0.29) is 11.8 Å². The number of carbonyl (C=O) groups excluding carboxylic acids is 2. The molecule has 2 N–H and O–H groups in total. The van der Waals surface area contributed by atoms with E-state index >= 15 is 0 Å². The third-order valence-corrected chi connectivity index (χ3v) is 4.75. The second-order valence-electron chi connectivity index (χ2n) is 5.65. The smallest absolute Gasteiger partial charge is 0.253 e. The normalized spacial score (nSPS) is 12.6. The van der Waals surface area contributed by atoms with Gasteiger partial charge in [-0.15, -0.1) is 11.3 Å². The Morgan fingerprint density at radius 2 is 2.24 bits per heavy atom. The van der Waals surface area contributed by atoms with Gasteiger partial charge in [0.15, 0.2) is 0 Å². The summed E-state index contributed by atoms with van der Waals surface area (Å²) in [5, 5.41) is 8.44. The lowest BCUT2D eigenvalue weighted by Crippen LogP contribution is -2.22. The van der Waals surface area contributed by atoms with Crippen molar-refractivity contribution in [1.82, 2.24) is 15.3 Å². The average molecular weight is 350 g/mol. The summed E-state index contributed by atoms with van der Waals surface area (Å²) in [4.78, 5) is 32.0. The zero-order valence-corrected chi connectivity index (χ0v) is 14.0. The van der Waals surface area contributed by atoms with Gasteiger partial charge in [0.05, 0.1) is 24.2 Å². The number of hydrogen-bond donors (Lipinski definition) is 2. The van der Waals surface area contributed by atoms with Gasteiger partial charge in [-0.2, -0.15) is 0 Å². The van der Waals surface area contributed by atoms with Crippen LogP contribution in [-0.4, -0.2) is 21.8 Å². The Morgan fingerprint density at radius 1 is 1.32 bits per heavy atom. The lowest BCUT2D eigenvalue weighted by Gasteiger charge is -2.03. The van der Waals surface area contributed by atoms with Crippen molar-refractivity contribution in [2.75, 3.05) is 5.32 Å². The molecule has 1 aromatic carbocycles. The molecule has 3 heterocycles. The maximum Gasteiger partial charge on any atom is 0.253 e. The molecule has 2 aromatic heterocycles. The van der Waals surface area contributed by atoms with Crippen LogP contribution in [0, 0.1) is 0 Å². The van der Waals surface area contributed by atoms with Gasteiger partial charge < -0.3 is 10.6 Å². The van der Waals surface area contributed by atoms with Crippen molar-refractivity contribution in [3.63, 3.8) is 0 Å². The largest absolute Gasteiger partial charge is 0.345 e. The maximum atomic E-state index is 12.0. The molecule has 0 atom stereocenters. The number of rotatable bonds is 4. The van der Waals surface area contributed by atoms with Gasteiger partial charge in [-0.1, -0.05) is 6.07 Å². The van der Waals surface area contributed by atoms with Crippen molar-refractivity contribution in [2.24, 2.45) is 0 Å². The topological polar surface area (TPSA) is 84.0 Å². The Kier molecular flexibility index (Phi) is 3.99. The van der Waals surface area contributed by atoms with Gasteiger partial charge in [-0.25, -0.2) is 4.98 Å². The third-order valence-electron chi connectivity index (χ3n) is 3.90. The lowest BCUT2D eigenvalue weighted by molar-refractivity contribution is -0.115. The number of benzene rings is 1. The Balaban J connectivity index is 1.45. The minimum absolute atomic E-state index is 0.0178. The molecule has 0 radical (unpaired) electrons. The van der Waals surface area contributed by atoms with Crippen molar-refractivity contribution in [3.8, 4) is 11.3 Å². The van der Waals surface area contributed by atoms with Crippen LogP contribution in [0.25, 0.3) is 11.3 Å². The van der Waals surface area contributed by atoms with Crippen molar-refractivity contribution in [3.05, 3.63) is 64.2 Å². The van der Waals surface area contributed by atoms with Crippen molar-refractivity contribution in [2.45, 2.75) is 13.0 Å². The molecule has 0 saturated carbocycles. The first-order chi connectivity index (χ1) is 12.2. The number of aromatic nitrogens is 2. The monoisotopic (exact) mass is 350 g/mol. The average Bonchev–Trinajstić information content (AvgIpc) is 3.25. The molecular weight excluding hydrogens is 336 g/mol. The van der Waals surface area contributed by atoms with Crippen molar-refractivity contribution >= 4 is 28.8 Å². The molecule has 0 aliphatic carbocycles. The van der Waals surface area contributed by atoms with E-state index in [1.807, 2.05) is 23.6 Å². The van der Waals surface area contributed by atoms with E-state index in [4.69, 9.17) is 0 Å². The van der Waals surface area contributed by atoms with E-state index in [1.54, 1.807) is 18.3 Å². The van der Waals surface area contributed by atoms with Crippen molar-refractivity contribution < 1.29 is 9.59 Å². The van der Waals surface area contributed by atoms with Crippen LogP contribution in [0.15, 0.2) is 48.1 Å². The molecule has 1 aliphatic rings. The molecule has 3 aromatic rings.